The number of nitrogens with one attached hydrogen (secondary N) is 2. The number of amides is 2. The zero-order chi connectivity index (χ0) is 18.4. The van der Waals surface area contributed by atoms with Crippen molar-refractivity contribution in [2.75, 3.05) is 19.6 Å². The molecule has 1 aliphatic carbocycles. The number of piperidine rings is 1. The van der Waals surface area contributed by atoms with Gasteiger partial charge in [0.05, 0.1) is 12.3 Å². The zero-order valence-corrected chi connectivity index (χ0v) is 15.7. The Morgan fingerprint density at radius 2 is 1.92 bits per heavy atom. The maximum Gasteiger partial charge on any atom is 0.242 e. The Labute approximate surface area is 155 Å². The fourth-order valence-electron chi connectivity index (χ4n) is 4.33. The molecule has 0 radical (unpaired) electrons. The van der Waals surface area contributed by atoms with E-state index in [1.54, 1.807) is 6.26 Å². The monoisotopic (exact) mass is 361 g/mol. The van der Waals surface area contributed by atoms with Crippen molar-refractivity contribution >= 4 is 11.8 Å². The molecule has 2 heterocycles. The van der Waals surface area contributed by atoms with Crippen molar-refractivity contribution in [3.8, 4) is 0 Å². The van der Waals surface area contributed by atoms with Crippen LogP contribution in [0.5, 0.6) is 0 Å². The minimum absolute atomic E-state index is 0.0517. The average Bonchev–Trinajstić information content (AvgIpc) is 3.34. The number of carbonyl (C=O) groups is 2. The Kier molecular flexibility index (Phi) is 6.72. The van der Waals surface area contributed by atoms with E-state index in [2.05, 4.69) is 15.5 Å². The standard InChI is InChI=1S/C20H31N3O3/c1-15(24)22-19(16-8-3-4-9-16)20(25)21-14-17(18-10-7-13-26-18)23-11-5-2-6-12-23/h7,10,13,16-17,19H,2-6,8-9,11-12,14H2,1H3,(H,21,25)(H,22,24). The van der Waals surface area contributed by atoms with E-state index in [9.17, 15) is 9.59 Å². The quantitative estimate of drug-likeness (QED) is 0.783. The Hall–Kier alpha value is -1.82. The van der Waals surface area contributed by atoms with Gasteiger partial charge in [-0.05, 0) is 56.8 Å². The maximum absolute atomic E-state index is 12.8. The zero-order valence-electron chi connectivity index (χ0n) is 15.7. The fraction of sp³-hybridized carbons (Fsp3) is 0.700. The van der Waals surface area contributed by atoms with E-state index in [0.717, 1.165) is 44.5 Å². The van der Waals surface area contributed by atoms with Crippen LogP contribution in [-0.4, -0.2) is 42.4 Å². The van der Waals surface area contributed by atoms with Gasteiger partial charge in [0.15, 0.2) is 0 Å². The van der Waals surface area contributed by atoms with Gasteiger partial charge in [0.2, 0.25) is 11.8 Å². The van der Waals surface area contributed by atoms with Crippen molar-refractivity contribution < 1.29 is 14.0 Å². The van der Waals surface area contributed by atoms with Crippen LogP contribution in [0.15, 0.2) is 22.8 Å². The molecule has 3 rings (SSSR count). The molecule has 26 heavy (non-hydrogen) atoms. The van der Waals surface area contributed by atoms with Gasteiger partial charge in [-0.2, -0.15) is 0 Å². The molecular weight excluding hydrogens is 330 g/mol. The van der Waals surface area contributed by atoms with Crippen LogP contribution in [0.4, 0.5) is 0 Å². The Bertz CT molecular complexity index is 575. The molecule has 2 atom stereocenters. The van der Waals surface area contributed by atoms with E-state index in [4.69, 9.17) is 4.42 Å². The lowest BCUT2D eigenvalue weighted by molar-refractivity contribution is -0.129. The third-order valence-corrected chi connectivity index (χ3v) is 5.69. The molecule has 2 amide bonds. The van der Waals surface area contributed by atoms with E-state index in [1.165, 1.54) is 26.2 Å². The number of carbonyl (C=O) groups excluding carboxylic acids is 2. The summed E-state index contributed by atoms with van der Waals surface area (Å²) in [6.45, 7) is 4.04. The Balaban J connectivity index is 1.64. The van der Waals surface area contributed by atoms with Gasteiger partial charge in [-0.15, -0.1) is 0 Å². The average molecular weight is 361 g/mol. The lowest BCUT2D eigenvalue weighted by Gasteiger charge is -2.34. The van der Waals surface area contributed by atoms with E-state index in [-0.39, 0.29) is 23.8 Å². The van der Waals surface area contributed by atoms with Crippen LogP contribution < -0.4 is 10.6 Å². The van der Waals surface area contributed by atoms with Crippen molar-refractivity contribution in [1.82, 2.24) is 15.5 Å². The lowest BCUT2D eigenvalue weighted by atomic mass is 9.97. The van der Waals surface area contributed by atoms with E-state index >= 15 is 0 Å². The molecule has 2 aliphatic rings. The predicted octanol–water partition coefficient (Wildman–Crippen LogP) is 2.62. The van der Waals surface area contributed by atoms with E-state index < -0.39 is 6.04 Å². The van der Waals surface area contributed by atoms with Gasteiger partial charge in [0, 0.05) is 13.5 Å². The highest BCUT2D eigenvalue weighted by Crippen LogP contribution is 2.28. The van der Waals surface area contributed by atoms with Gasteiger partial charge in [-0.3, -0.25) is 14.5 Å². The van der Waals surface area contributed by atoms with Crippen LogP contribution in [0.25, 0.3) is 0 Å². The summed E-state index contributed by atoms with van der Waals surface area (Å²) in [5, 5.41) is 5.97. The minimum Gasteiger partial charge on any atom is -0.468 e. The summed E-state index contributed by atoms with van der Waals surface area (Å²) in [5.74, 6) is 0.927. The predicted molar refractivity (Wildman–Crippen MR) is 99.4 cm³/mol. The second-order valence-electron chi connectivity index (χ2n) is 7.60. The normalized spacial score (nSPS) is 21.3. The molecule has 144 valence electrons. The van der Waals surface area contributed by atoms with Crippen LogP contribution in [0, 0.1) is 5.92 Å². The van der Waals surface area contributed by atoms with Gasteiger partial charge in [-0.1, -0.05) is 19.3 Å². The summed E-state index contributed by atoms with van der Waals surface area (Å²) in [6.07, 6.45) is 9.60. The van der Waals surface area contributed by atoms with Gasteiger partial charge in [-0.25, -0.2) is 0 Å². The van der Waals surface area contributed by atoms with Gasteiger partial charge in [0.1, 0.15) is 11.8 Å². The smallest absolute Gasteiger partial charge is 0.242 e. The van der Waals surface area contributed by atoms with Crippen LogP contribution in [0.3, 0.4) is 0 Å². The lowest BCUT2D eigenvalue weighted by Crippen LogP contribution is -2.51. The first-order valence-electron chi connectivity index (χ1n) is 9.97. The molecule has 6 nitrogen and oxygen atoms in total. The fourth-order valence-corrected chi connectivity index (χ4v) is 4.33. The van der Waals surface area contributed by atoms with Crippen LogP contribution >= 0.6 is 0 Å². The number of hydrogen-bond acceptors (Lipinski definition) is 4. The minimum atomic E-state index is -0.423. The third kappa shape index (κ3) is 4.87. The summed E-state index contributed by atoms with van der Waals surface area (Å²) in [5.41, 5.74) is 0. The molecule has 0 spiro atoms. The van der Waals surface area contributed by atoms with Crippen LogP contribution in [-0.2, 0) is 9.59 Å². The molecule has 1 saturated carbocycles. The first-order valence-corrected chi connectivity index (χ1v) is 9.97. The maximum atomic E-state index is 12.8. The number of hydrogen-bond donors (Lipinski definition) is 2. The highest BCUT2D eigenvalue weighted by Gasteiger charge is 2.32. The molecule has 2 fully saturated rings. The van der Waals surface area contributed by atoms with Crippen LogP contribution in [0.1, 0.15) is 63.7 Å². The molecule has 0 bridgehead atoms. The summed E-state index contributed by atoms with van der Waals surface area (Å²) in [4.78, 5) is 26.8. The SMILES string of the molecule is CC(=O)NC(C(=O)NCC(c1ccco1)N1CCCCC1)C1CCCC1. The van der Waals surface area contributed by atoms with Gasteiger partial charge >= 0.3 is 0 Å². The second-order valence-corrected chi connectivity index (χ2v) is 7.60. The number of nitrogens with zero attached hydrogens (tertiary/aromatic N) is 1. The molecule has 1 aromatic heterocycles. The first-order chi connectivity index (χ1) is 12.6. The molecule has 1 aromatic rings. The highest BCUT2D eigenvalue weighted by molar-refractivity contribution is 5.87. The molecule has 1 saturated heterocycles. The number of furan rings is 1. The van der Waals surface area contributed by atoms with Crippen molar-refractivity contribution in [3.63, 3.8) is 0 Å². The molecule has 6 heteroatoms. The third-order valence-electron chi connectivity index (χ3n) is 5.69. The molecular formula is C20H31N3O3. The molecule has 2 unspecified atom stereocenters. The Morgan fingerprint density at radius 1 is 1.19 bits per heavy atom. The highest BCUT2D eigenvalue weighted by atomic mass is 16.3. The second kappa shape index (κ2) is 9.21. The summed E-state index contributed by atoms with van der Waals surface area (Å²) in [7, 11) is 0. The van der Waals surface area contributed by atoms with Crippen molar-refractivity contribution in [3.05, 3.63) is 24.2 Å². The molecule has 2 N–H and O–H groups in total. The van der Waals surface area contributed by atoms with Crippen molar-refractivity contribution in [2.45, 2.75) is 64.0 Å². The van der Waals surface area contributed by atoms with Crippen LogP contribution in [0.2, 0.25) is 0 Å². The number of rotatable bonds is 7. The summed E-state index contributed by atoms with van der Waals surface area (Å²) in [6, 6.07) is 3.50. The van der Waals surface area contributed by atoms with Crippen molar-refractivity contribution in [2.24, 2.45) is 5.92 Å². The largest absolute Gasteiger partial charge is 0.468 e. The summed E-state index contributed by atoms with van der Waals surface area (Å²) >= 11 is 0. The van der Waals surface area contributed by atoms with Crippen molar-refractivity contribution in [1.29, 1.82) is 0 Å². The Morgan fingerprint density at radius 3 is 2.54 bits per heavy atom. The summed E-state index contributed by atoms with van der Waals surface area (Å²) < 4.78 is 5.64. The molecule has 1 aliphatic heterocycles. The van der Waals surface area contributed by atoms with E-state index in [1.807, 2.05) is 12.1 Å². The molecule has 0 aromatic carbocycles. The first kappa shape index (κ1) is 19.0. The number of likely N-dealkylation sites (tertiary alicyclic amines) is 1. The van der Waals surface area contributed by atoms with E-state index in [0.29, 0.717) is 6.54 Å². The topological polar surface area (TPSA) is 74.6 Å². The van der Waals surface area contributed by atoms with Gasteiger partial charge < -0.3 is 15.1 Å². The van der Waals surface area contributed by atoms with Gasteiger partial charge in [0.25, 0.3) is 0 Å².